The van der Waals surface area contributed by atoms with Crippen molar-refractivity contribution in [1.29, 1.82) is 0 Å². The summed E-state index contributed by atoms with van der Waals surface area (Å²) in [5.74, 6) is 1.58. The fraction of sp³-hybridized carbons (Fsp3) is 0.364. The van der Waals surface area contributed by atoms with E-state index in [0.717, 1.165) is 13.8 Å². The van der Waals surface area contributed by atoms with E-state index in [4.69, 9.17) is 28.4 Å². The minimum absolute atomic E-state index is 0.0682. The molecule has 6 heterocycles. The second-order valence-corrected chi connectivity index (χ2v) is 15.9. The van der Waals surface area contributed by atoms with E-state index in [9.17, 15) is 33.9 Å². The van der Waals surface area contributed by atoms with Crippen LogP contribution in [0.4, 0.5) is 0 Å². The summed E-state index contributed by atoms with van der Waals surface area (Å²) in [7, 11) is 11.8. The smallest absolute Gasteiger partial charge is 0.348 e. The minimum Gasteiger partial charge on any atom is -0.507 e. The molecule has 3 aromatic carbocycles. The Bertz CT molecular complexity index is 3600. The normalized spacial score (nSPS) is 15.2. The third-order valence-corrected chi connectivity index (χ3v) is 12.6. The number of nitrogens with zero attached hydrogens (tertiary/aromatic N) is 10. The van der Waals surface area contributed by atoms with Gasteiger partial charge in [-0.1, -0.05) is 6.08 Å². The lowest BCUT2D eigenvalue weighted by molar-refractivity contribution is 0.240. The average molecular weight is 923 g/mol. The molecule has 23 nitrogen and oxygen atoms in total. The highest BCUT2D eigenvalue weighted by Gasteiger charge is 2.43. The molecule has 2 aliphatic heterocycles. The van der Waals surface area contributed by atoms with Gasteiger partial charge in [-0.2, -0.15) is 0 Å². The number of rotatable bonds is 13. The summed E-state index contributed by atoms with van der Waals surface area (Å²) in [5.41, 5.74) is -1.47. The molecular weight excluding hydrogens is 877 g/mol. The van der Waals surface area contributed by atoms with Gasteiger partial charge in [0.2, 0.25) is 0 Å². The molecule has 2 unspecified atom stereocenters. The van der Waals surface area contributed by atoms with Gasteiger partial charge in [0, 0.05) is 76.4 Å². The molecule has 9 rings (SSSR count). The first-order chi connectivity index (χ1) is 32.2. The van der Waals surface area contributed by atoms with E-state index in [2.05, 4.69) is 9.97 Å². The third kappa shape index (κ3) is 6.78. The molecular formula is C44H46N10O13. The first kappa shape index (κ1) is 44.0. The molecule has 350 valence electrons. The van der Waals surface area contributed by atoms with Crippen LogP contribution in [0, 0.1) is 0 Å². The topological polar surface area (TPSA) is 243 Å². The minimum atomic E-state index is -1.25. The maximum absolute atomic E-state index is 14.7. The molecule has 4 aromatic heterocycles. The van der Waals surface area contributed by atoms with E-state index in [1.54, 1.807) is 44.4 Å². The summed E-state index contributed by atoms with van der Waals surface area (Å²) in [6, 6.07) is 7.05. The zero-order valence-corrected chi connectivity index (χ0v) is 37.8. The summed E-state index contributed by atoms with van der Waals surface area (Å²) in [6.07, 6.45) is 1.44. The van der Waals surface area contributed by atoms with Gasteiger partial charge in [0.05, 0.1) is 89.4 Å². The molecule has 0 bridgehead atoms. The molecule has 7 aromatic rings. The summed E-state index contributed by atoms with van der Waals surface area (Å²) >= 11 is 0. The first-order valence-electron chi connectivity index (χ1n) is 20.9. The molecule has 1 N–H and O–H groups in total. The third-order valence-electron chi connectivity index (χ3n) is 12.6. The quantitative estimate of drug-likeness (QED) is 0.155. The lowest BCUT2D eigenvalue weighted by Crippen LogP contribution is -2.47. The Morgan fingerprint density at radius 3 is 1.55 bits per heavy atom. The molecule has 0 spiro atoms. The van der Waals surface area contributed by atoms with Crippen molar-refractivity contribution in [3.05, 3.63) is 128 Å². The zero-order valence-electron chi connectivity index (χ0n) is 37.8. The maximum atomic E-state index is 14.7. The Labute approximate surface area is 377 Å². The van der Waals surface area contributed by atoms with Crippen LogP contribution in [0.2, 0.25) is 0 Å². The highest BCUT2D eigenvalue weighted by atomic mass is 16.5. The van der Waals surface area contributed by atoms with Crippen LogP contribution >= 0.6 is 0 Å². The fourth-order valence-corrected chi connectivity index (χ4v) is 9.22. The predicted octanol–water partition coefficient (Wildman–Crippen LogP) is 0.457. The summed E-state index contributed by atoms with van der Waals surface area (Å²) in [4.78, 5) is 94.2. The largest absolute Gasteiger partial charge is 0.507 e. The van der Waals surface area contributed by atoms with Gasteiger partial charge < -0.3 is 42.7 Å². The van der Waals surface area contributed by atoms with Crippen molar-refractivity contribution < 1.29 is 33.5 Å². The van der Waals surface area contributed by atoms with E-state index in [1.807, 2.05) is 0 Å². The Morgan fingerprint density at radius 2 is 1.06 bits per heavy atom. The maximum Gasteiger partial charge on any atom is 0.348 e. The number of methoxy groups -OCH3 is 6. The number of hydrogen-bond acceptors (Lipinski definition) is 15. The number of hydrogen-bond donors (Lipinski definition) is 1. The number of aryl methyl sites for hydroxylation is 4. The summed E-state index contributed by atoms with van der Waals surface area (Å²) in [6.45, 7) is -0.930. The van der Waals surface area contributed by atoms with Crippen LogP contribution in [0.5, 0.6) is 40.2 Å². The van der Waals surface area contributed by atoms with E-state index < -0.39 is 46.0 Å². The molecule has 0 saturated carbocycles. The Balaban J connectivity index is 1.13. The van der Waals surface area contributed by atoms with Crippen LogP contribution in [0.3, 0.4) is 0 Å². The van der Waals surface area contributed by atoms with Crippen molar-refractivity contribution >= 4 is 22.1 Å². The lowest BCUT2D eigenvalue weighted by atomic mass is 9.89. The van der Waals surface area contributed by atoms with E-state index in [0.29, 0.717) is 50.6 Å². The second-order valence-electron chi connectivity index (χ2n) is 15.9. The van der Waals surface area contributed by atoms with Crippen LogP contribution in [-0.2, 0) is 53.1 Å². The van der Waals surface area contributed by atoms with E-state index in [1.165, 1.54) is 78.0 Å². The van der Waals surface area contributed by atoms with Crippen LogP contribution in [0.15, 0.2) is 76.8 Å². The lowest BCUT2D eigenvalue weighted by Gasteiger charge is -2.38. The van der Waals surface area contributed by atoms with E-state index in [-0.39, 0.29) is 73.2 Å². The van der Waals surface area contributed by atoms with Gasteiger partial charge in [0.1, 0.15) is 34.7 Å². The molecule has 2 atom stereocenters. The van der Waals surface area contributed by atoms with Gasteiger partial charge in [-0.05, 0) is 5.57 Å². The molecule has 67 heavy (non-hydrogen) atoms. The van der Waals surface area contributed by atoms with Gasteiger partial charge in [0.25, 0.3) is 11.1 Å². The molecule has 0 radical (unpaired) electrons. The van der Waals surface area contributed by atoms with Gasteiger partial charge in [-0.25, -0.2) is 57.0 Å². The number of ether oxygens (including phenoxy) is 6. The van der Waals surface area contributed by atoms with Gasteiger partial charge in [0.15, 0.2) is 23.0 Å². The Morgan fingerprint density at radius 1 is 0.582 bits per heavy atom. The molecule has 23 heteroatoms. The zero-order chi connectivity index (χ0) is 47.7. The van der Waals surface area contributed by atoms with Gasteiger partial charge in [-0.3, -0.25) is 9.59 Å². The average Bonchev–Trinajstić information content (AvgIpc) is 3.73. The molecule has 0 amide bonds. The Hall–Kier alpha value is -8.24. The number of benzene rings is 3. The monoisotopic (exact) mass is 922 g/mol. The molecule has 2 aliphatic rings. The van der Waals surface area contributed by atoms with Crippen molar-refractivity contribution in [3.8, 4) is 40.2 Å². The van der Waals surface area contributed by atoms with Crippen molar-refractivity contribution in [1.82, 2.24) is 47.0 Å². The summed E-state index contributed by atoms with van der Waals surface area (Å²) < 4.78 is 42.3. The van der Waals surface area contributed by atoms with Crippen LogP contribution in [-0.4, -0.2) is 94.7 Å². The van der Waals surface area contributed by atoms with Crippen molar-refractivity contribution in [2.75, 3.05) is 42.7 Å². The highest BCUT2D eigenvalue weighted by Crippen LogP contribution is 2.46. The standard InChI is InChI=1S/C44H46N10O13/c1-47-28-19-34(65-6)32(63-4)17-26(28)45-24(39(47)56)10-12-49-41(58)51-14-9-23-30(53(51)43(49)60)21-52-42(59)50(44(61)54(52)38(23)37-31(55)15-22(62-3)16-36(37)67-8)13-11-25-40(57)48(2)29-20-35(66-7)33(64-5)18-27(29)46-25/h9,15-20,30,38,55H,10-14,21H2,1-8H3. The second kappa shape index (κ2) is 16.6. The highest BCUT2D eigenvalue weighted by molar-refractivity contribution is 5.80. The van der Waals surface area contributed by atoms with E-state index >= 15 is 0 Å². The number of aromatic hydroxyl groups is 1. The van der Waals surface area contributed by atoms with Crippen LogP contribution < -0.4 is 62.3 Å². The number of phenols is 1. The summed E-state index contributed by atoms with van der Waals surface area (Å²) in [5, 5.41) is 11.6. The molecule has 0 fully saturated rings. The van der Waals surface area contributed by atoms with Crippen LogP contribution in [0.25, 0.3) is 22.1 Å². The molecule has 0 saturated heterocycles. The number of fused-ring (bicyclic) bond motifs is 6. The number of aromatic nitrogens is 10. The van der Waals surface area contributed by atoms with Crippen molar-refractivity contribution in [2.24, 2.45) is 14.1 Å². The van der Waals surface area contributed by atoms with Gasteiger partial charge >= 0.3 is 22.8 Å². The fourth-order valence-electron chi connectivity index (χ4n) is 9.22. The van der Waals surface area contributed by atoms with Crippen molar-refractivity contribution in [3.63, 3.8) is 0 Å². The SMILES string of the molecule is COc1cc(O)c(C2C3=CCn4c(=O)n(CCc5nc6cc(OC)c(OC)cc6n(C)c5=O)c(=O)n4C3Cn3c(=O)n(CCc4nc5cc(OC)c(OC)cc5n(C)c4=O)c(=O)n32)c(OC)c1. The Kier molecular flexibility index (Phi) is 10.9. The first-order valence-corrected chi connectivity index (χ1v) is 20.9. The molecule has 0 aliphatic carbocycles. The predicted molar refractivity (Wildman–Crippen MR) is 240 cm³/mol. The van der Waals surface area contributed by atoms with Crippen LogP contribution in [0.1, 0.15) is 29.0 Å². The van der Waals surface area contributed by atoms with Crippen molar-refractivity contribution in [2.45, 2.75) is 51.1 Å². The van der Waals surface area contributed by atoms with Gasteiger partial charge in [-0.15, -0.1) is 0 Å². The number of allylic oxidation sites excluding steroid dienone is 2. The number of phenolic OH excluding ortho intramolecular Hbond substituents is 1.